The van der Waals surface area contributed by atoms with Crippen molar-refractivity contribution in [1.82, 2.24) is 25.5 Å². The molecule has 3 N–H and O–H groups in total. The van der Waals surface area contributed by atoms with Gasteiger partial charge < -0.3 is 5.73 Å². The highest BCUT2D eigenvalue weighted by molar-refractivity contribution is 5.33. The van der Waals surface area contributed by atoms with E-state index in [2.05, 4.69) is 72.8 Å². The molecule has 25 heavy (non-hydrogen) atoms. The quantitative estimate of drug-likeness (QED) is 0.893. The van der Waals surface area contributed by atoms with Crippen molar-refractivity contribution in [2.24, 2.45) is 5.73 Å². The largest absolute Gasteiger partial charge is 0.326 e. The van der Waals surface area contributed by atoms with Crippen LogP contribution in [0.1, 0.15) is 69.4 Å². The lowest BCUT2D eigenvalue weighted by Gasteiger charge is -2.34. The molecule has 136 valence electrons. The Bertz CT molecular complexity index is 702. The van der Waals surface area contributed by atoms with Gasteiger partial charge >= 0.3 is 0 Å². The number of hydrogen-bond donors (Lipinski definition) is 2. The molecule has 1 aromatic heterocycles. The van der Waals surface area contributed by atoms with Crippen LogP contribution in [0, 0.1) is 6.92 Å². The first kappa shape index (κ1) is 18.0. The minimum Gasteiger partial charge on any atom is -0.326 e. The molecule has 3 atom stereocenters. The van der Waals surface area contributed by atoms with Gasteiger partial charge in [-0.25, -0.2) is 4.68 Å². The predicted molar refractivity (Wildman–Crippen MR) is 99.2 cm³/mol. The van der Waals surface area contributed by atoms with Gasteiger partial charge in [0.15, 0.2) is 5.82 Å². The molecule has 1 aromatic carbocycles. The first-order chi connectivity index (χ1) is 11.9. The molecule has 0 bridgehead atoms. The van der Waals surface area contributed by atoms with Gasteiger partial charge in [0.05, 0.1) is 11.6 Å². The van der Waals surface area contributed by atoms with E-state index in [1.807, 2.05) is 4.68 Å². The van der Waals surface area contributed by atoms with Gasteiger partial charge in [-0.05, 0) is 62.1 Å². The number of nitrogens with zero attached hydrogens (tertiary/aromatic N) is 4. The molecule has 3 unspecified atom stereocenters. The Hall–Kier alpha value is -1.79. The van der Waals surface area contributed by atoms with E-state index in [9.17, 15) is 0 Å². The molecule has 0 aliphatic heterocycles. The molecule has 1 aliphatic rings. The molecule has 0 spiro atoms. The van der Waals surface area contributed by atoms with E-state index in [-0.39, 0.29) is 23.7 Å². The van der Waals surface area contributed by atoms with E-state index in [0.717, 1.165) is 18.7 Å². The third-order valence-electron chi connectivity index (χ3n) is 5.09. The predicted octanol–water partition coefficient (Wildman–Crippen LogP) is 2.69. The molecule has 1 heterocycles. The number of rotatable bonds is 4. The number of aromatic nitrogens is 4. The fourth-order valence-corrected chi connectivity index (χ4v) is 3.65. The average Bonchev–Trinajstić information content (AvgIpc) is 3.05. The van der Waals surface area contributed by atoms with Gasteiger partial charge in [-0.1, -0.05) is 37.1 Å². The lowest BCUT2D eigenvalue weighted by Crippen LogP contribution is -2.49. The van der Waals surface area contributed by atoms with E-state index >= 15 is 0 Å². The van der Waals surface area contributed by atoms with Crippen LogP contribution in [0.4, 0.5) is 0 Å². The molecular weight excluding hydrogens is 312 g/mol. The summed E-state index contributed by atoms with van der Waals surface area (Å²) < 4.78 is 1.92. The standard InChI is InChI=1S/C19H30N6/c1-13-9-5-6-10-14(13)17(21-16-12-8-7-11-15(16)20)18-22-23-24-25(18)19(2,3)4/h5-6,9-10,15-17,21H,7-8,11-12,20H2,1-4H3. The van der Waals surface area contributed by atoms with Crippen molar-refractivity contribution in [1.29, 1.82) is 0 Å². The SMILES string of the molecule is Cc1ccccc1C(NC1CCCCC1N)c1nnnn1C(C)(C)C. The van der Waals surface area contributed by atoms with Crippen LogP contribution < -0.4 is 11.1 Å². The summed E-state index contributed by atoms with van der Waals surface area (Å²) >= 11 is 0. The average molecular weight is 342 g/mol. The number of hydrogen-bond acceptors (Lipinski definition) is 5. The van der Waals surface area contributed by atoms with Crippen molar-refractivity contribution in [2.75, 3.05) is 0 Å². The number of nitrogens with two attached hydrogens (primary N) is 1. The summed E-state index contributed by atoms with van der Waals surface area (Å²) in [6.45, 7) is 8.49. The molecule has 1 saturated carbocycles. The van der Waals surface area contributed by atoms with Crippen molar-refractivity contribution in [3.05, 3.63) is 41.2 Å². The molecule has 0 amide bonds. The zero-order valence-corrected chi connectivity index (χ0v) is 15.7. The van der Waals surface area contributed by atoms with E-state index in [1.165, 1.54) is 24.0 Å². The topological polar surface area (TPSA) is 81.7 Å². The van der Waals surface area contributed by atoms with Crippen molar-refractivity contribution in [3.8, 4) is 0 Å². The maximum Gasteiger partial charge on any atom is 0.173 e. The fraction of sp³-hybridized carbons (Fsp3) is 0.632. The monoisotopic (exact) mass is 342 g/mol. The second-order valence-electron chi connectivity index (χ2n) is 8.13. The van der Waals surface area contributed by atoms with Crippen LogP contribution in [-0.2, 0) is 5.54 Å². The summed E-state index contributed by atoms with van der Waals surface area (Å²) in [6, 6.07) is 8.82. The zero-order valence-electron chi connectivity index (χ0n) is 15.7. The Morgan fingerprint density at radius 1 is 1.20 bits per heavy atom. The normalized spacial score (nSPS) is 22.8. The Balaban J connectivity index is 2.01. The number of nitrogens with one attached hydrogen (secondary N) is 1. The molecular formula is C19H30N6. The Morgan fingerprint density at radius 3 is 2.60 bits per heavy atom. The number of tetrazole rings is 1. The second-order valence-corrected chi connectivity index (χ2v) is 8.13. The van der Waals surface area contributed by atoms with Crippen molar-refractivity contribution < 1.29 is 0 Å². The third-order valence-corrected chi connectivity index (χ3v) is 5.09. The van der Waals surface area contributed by atoms with Crippen molar-refractivity contribution in [3.63, 3.8) is 0 Å². The first-order valence-electron chi connectivity index (χ1n) is 9.24. The van der Waals surface area contributed by atoms with Crippen LogP contribution in [0.5, 0.6) is 0 Å². The van der Waals surface area contributed by atoms with E-state index in [1.54, 1.807) is 0 Å². The Kier molecular flexibility index (Phi) is 5.20. The molecule has 3 rings (SSSR count). The smallest absolute Gasteiger partial charge is 0.173 e. The summed E-state index contributed by atoms with van der Waals surface area (Å²) in [7, 11) is 0. The highest BCUT2D eigenvalue weighted by atomic mass is 15.6. The van der Waals surface area contributed by atoms with Gasteiger partial charge in [0, 0.05) is 12.1 Å². The zero-order chi connectivity index (χ0) is 18.0. The molecule has 2 aromatic rings. The van der Waals surface area contributed by atoms with Gasteiger partial charge in [0.1, 0.15) is 0 Å². The Labute approximate surface area is 150 Å². The summed E-state index contributed by atoms with van der Waals surface area (Å²) in [5.41, 5.74) is 8.65. The molecule has 1 fully saturated rings. The van der Waals surface area contributed by atoms with E-state index in [4.69, 9.17) is 5.73 Å². The molecule has 1 aliphatic carbocycles. The fourth-order valence-electron chi connectivity index (χ4n) is 3.65. The van der Waals surface area contributed by atoms with Crippen molar-refractivity contribution >= 4 is 0 Å². The van der Waals surface area contributed by atoms with Gasteiger partial charge in [-0.3, -0.25) is 5.32 Å². The summed E-state index contributed by atoms with van der Waals surface area (Å²) in [5.74, 6) is 0.847. The molecule has 0 radical (unpaired) electrons. The summed E-state index contributed by atoms with van der Waals surface area (Å²) in [5, 5.41) is 16.4. The molecule has 6 nitrogen and oxygen atoms in total. The maximum atomic E-state index is 6.40. The summed E-state index contributed by atoms with van der Waals surface area (Å²) in [6.07, 6.45) is 4.60. The van der Waals surface area contributed by atoms with Crippen LogP contribution in [0.25, 0.3) is 0 Å². The van der Waals surface area contributed by atoms with Crippen LogP contribution in [0.3, 0.4) is 0 Å². The van der Waals surface area contributed by atoms with Crippen LogP contribution >= 0.6 is 0 Å². The lowest BCUT2D eigenvalue weighted by molar-refractivity contribution is 0.287. The minimum atomic E-state index is -0.184. The number of aryl methyl sites for hydroxylation is 1. The van der Waals surface area contributed by atoms with Crippen molar-refractivity contribution in [2.45, 2.75) is 77.0 Å². The highest BCUT2D eigenvalue weighted by Gasteiger charge is 2.31. The second kappa shape index (κ2) is 7.22. The van der Waals surface area contributed by atoms with E-state index in [0.29, 0.717) is 0 Å². The summed E-state index contributed by atoms with van der Waals surface area (Å²) in [4.78, 5) is 0. The van der Waals surface area contributed by atoms with Crippen LogP contribution in [-0.4, -0.2) is 32.3 Å². The highest BCUT2D eigenvalue weighted by Crippen LogP contribution is 2.29. The van der Waals surface area contributed by atoms with Gasteiger partial charge in [-0.2, -0.15) is 0 Å². The minimum absolute atomic E-state index is 0.0652. The Morgan fingerprint density at radius 2 is 1.92 bits per heavy atom. The van der Waals surface area contributed by atoms with Gasteiger partial charge in [0.2, 0.25) is 0 Å². The lowest BCUT2D eigenvalue weighted by atomic mass is 9.89. The van der Waals surface area contributed by atoms with Crippen LogP contribution in [0.2, 0.25) is 0 Å². The molecule has 6 heteroatoms. The maximum absolute atomic E-state index is 6.40. The molecule has 0 saturated heterocycles. The van der Waals surface area contributed by atoms with Gasteiger partial charge in [-0.15, -0.1) is 5.10 Å². The van der Waals surface area contributed by atoms with E-state index < -0.39 is 0 Å². The van der Waals surface area contributed by atoms with Gasteiger partial charge in [0.25, 0.3) is 0 Å². The number of benzene rings is 1. The first-order valence-corrected chi connectivity index (χ1v) is 9.24. The van der Waals surface area contributed by atoms with Crippen LogP contribution in [0.15, 0.2) is 24.3 Å². The third kappa shape index (κ3) is 3.90.